The van der Waals surface area contributed by atoms with E-state index in [0.29, 0.717) is 21.5 Å². The second kappa shape index (κ2) is 4.89. The summed E-state index contributed by atoms with van der Waals surface area (Å²) >= 11 is 12.0. The van der Waals surface area contributed by atoms with Crippen LogP contribution < -0.4 is 5.32 Å². The Balaban J connectivity index is 1.80. The highest BCUT2D eigenvalue weighted by molar-refractivity contribution is 6.36. The van der Waals surface area contributed by atoms with Crippen LogP contribution in [0.25, 0.3) is 0 Å². The van der Waals surface area contributed by atoms with Gasteiger partial charge >= 0.3 is 0 Å². The van der Waals surface area contributed by atoms with Crippen LogP contribution in [0.4, 0.5) is 0 Å². The Kier molecular flexibility index (Phi) is 3.53. The van der Waals surface area contributed by atoms with E-state index in [2.05, 4.69) is 26.1 Å². The summed E-state index contributed by atoms with van der Waals surface area (Å²) < 4.78 is 0. The molecule has 3 atom stereocenters. The molecule has 3 rings (SSSR count). The van der Waals surface area contributed by atoms with Crippen LogP contribution in [0.3, 0.4) is 0 Å². The first kappa shape index (κ1) is 15.2. The fourth-order valence-electron chi connectivity index (χ4n) is 4.33. The lowest BCUT2D eigenvalue weighted by Crippen LogP contribution is -2.46. The molecule has 0 spiro atoms. The van der Waals surface area contributed by atoms with E-state index in [0.717, 1.165) is 6.42 Å². The van der Waals surface area contributed by atoms with Crippen molar-refractivity contribution < 1.29 is 4.79 Å². The van der Waals surface area contributed by atoms with E-state index in [1.165, 1.54) is 12.8 Å². The molecule has 0 unspecified atom stereocenters. The monoisotopic (exact) mass is 325 g/mol. The Morgan fingerprint density at radius 3 is 2.52 bits per heavy atom. The Morgan fingerprint density at radius 1 is 1.29 bits per heavy atom. The average Bonchev–Trinajstić information content (AvgIpc) is 2.71. The van der Waals surface area contributed by atoms with Gasteiger partial charge in [0.25, 0.3) is 5.91 Å². The predicted molar refractivity (Wildman–Crippen MR) is 86.9 cm³/mol. The van der Waals surface area contributed by atoms with Crippen LogP contribution in [-0.2, 0) is 0 Å². The first-order valence-electron chi connectivity index (χ1n) is 7.51. The molecule has 1 aromatic carbocycles. The molecule has 2 nitrogen and oxygen atoms in total. The van der Waals surface area contributed by atoms with Crippen LogP contribution in [0.5, 0.6) is 0 Å². The first-order chi connectivity index (χ1) is 9.75. The molecule has 2 saturated carbocycles. The number of rotatable bonds is 2. The third kappa shape index (κ3) is 2.19. The van der Waals surface area contributed by atoms with Gasteiger partial charge in [0.2, 0.25) is 0 Å². The fraction of sp³-hybridized carbons (Fsp3) is 0.588. The first-order valence-corrected chi connectivity index (χ1v) is 8.27. The molecule has 21 heavy (non-hydrogen) atoms. The number of fused-ring (bicyclic) bond motifs is 2. The van der Waals surface area contributed by atoms with Gasteiger partial charge in [0.15, 0.2) is 0 Å². The van der Waals surface area contributed by atoms with Gasteiger partial charge in [-0.05, 0) is 54.2 Å². The Hall–Kier alpha value is -0.730. The summed E-state index contributed by atoms with van der Waals surface area (Å²) in [6, 6.07) is 5.24. The maximum atomic E-state index is 12.5. The van der Waals surface area contributed by atoms with Gasteiger partial charge in [-0.1, -0.05) is 44.0 Å². The van der Waals surface area contributed by atoms with Crippen molar-refractivity contribution in [1.82, 2.24) is 5.32 Å². The summed E-state index contributed by atoms with van der Waals surface area (Å²) in [5.74, 6) is 0.611. The van der Waals surface area contributed by atoms with Gasteiger partial charge in [0.05, 0.1) is 10.6 Å². The molecule has 1 amide bonds. The summed E-state index contributed by atoms with van der Waals surface area (Å²) in [6.45, 7) is 6.99. The van der Waals surface area contributed by atoms with Crippen molar-refractivity contribution in [1.29, 1.82) is 0 Å². The standard InChI is InChI=1S/C17H21Cl2NO/c1-16(2)10-6-7-17(16,3)14(8-10)20-15(21)12-5-4-11(18)9-13(12)19/h4-5,9-10,14H,6-8H2,1-3H3,(H,20,21)/t10-,14+,17+/m1/s1. The van der Waals surface area contributed by atoms with Crippen molar-refractivity contribution in [3.63, 3.8) is 0 Å². The highest BCUT2D eigenvalue weighted by Gasteiger charge is 2.61. The maximum absolute atomic E-state index is 12.5. The van der Waals surface area contributed by atoms with Crippen LogP contribution in [0.15, 0.2) is 18.2 Å². The molecule has 2 bridgehead atoms. The molecular weight excluding hydrogens is 305 g/mol. The van der Waals surface area contributed by atoms with Crippen LogP contribution in [-0.4, -0.2) is 11.9 Å². The van der Waals surface area contributed by atoms with Gasteiger partial charge in [0, 0.05) is 11.1 Å². The molecule has 0 radical (unpaired) electrons. The van der Waals surface area contributed by atoms with E-state index in [4.69, 9.17) is 23.2 Å². The Morgan fingerprint density at radius 2 is 2.00 bits per heavy atom. The summed E-state index contributed by atoms with van der Waals surface area (Å²) in [7, 11) is 0. The largest absolute Gasteiger partial charge is 0.349 e. The minimum absolute atomic E-state index is 0.0914. The molecule has 0 saturated heterocycles. The minimum Gasteiger partial charge on any atom is -0.349 e. The van der Waals surface area contributed by atoms with Crippen molar-refractivity contribution in [2.45, 2.75) is 46.1 Å². The minimum atomic E-state index is -0.0914. The van der Waals surface area contributed by atoms with Gasteiger partial charge in [-0.15, -0.1) is 0 Å². The predicted octanol–water partition coefficient (Wildman–Crippen LogP) is 4.94. The molecule has 1 aromatic rings. The molecule has 1 N–H and O–H groups in total. The second-order valence-corrected chi connectivity index (χ2v) is 8.10. The van der Waals surface area contributed by atoms with Crippen LogP contribution >= 0.6 is 23.2 Å². The topological polar surface area (TPSA) is 29.1 Å². The van der Waals surface area contributed by atoms with E-state index in [1.54, 1.807) is 18.2 Å². The third-order valence-electron chi connectivity index (χ3n) is 6.28. The fourth-order valence-corrected chi connectivity index (χ4v) is 4.83. The highest BCUT2D eigenvalue weighted by atomic mass is 35.5. The molecule has 2 fully saturated rings. The smallest absolute Gasteiger partial charge is 0.253 e. The lowest BCUT2D eigenvalue weighted by molar-refractivity contribution is 0.0826. The lowest BCUT2D eigenvalue weighted by Gasteiger charge is -2.39. The van der Waals surface area contributed by atoms with Crippen molar-refractivity contribution in [3.8, 4) is 0 Å². The summed E-state index contributed by atoms with van der Waals surface area (Å²) in [5.41, 5.74) is 0.964. The van der Waals surface area contributed by atoms with E-state index < -0.39 is 0 Å². The number of carbonyl (C=O) groups is 1. The summed E-state index contributed by atoms with van der Waals surface area (Å²) in [5, 5.41) is 4.17. The molecule has 4 heteroatoms. The van der Waals surface area contributed by atoms with E-state index in [-0.39, 0.29) is 22.8 Å². The number of nitrogens with one attached hydrogen (secondary N) is 1. The quantitative estimate of drug-likeness (QED) is 0.819. The molecule has 0 heterocycles. The Bertz CT molecular complexity index is 598. The summed E-state index contributed by atoms with van der Waals surface area (Å²) in [6.07, 6.45) is 3.53. The molecular formula is C17H21Cl2NO. The molecule has 0 aliphatic heterocycles. The second-order valence-electron chi connectivity index (χ2n) is 7.26. The van der Waals surface area contributed by atoms with E-state index >= 15 is 0 Å². The zero-order valence-electron chi connectivity index (χ0n) is 12.7. The number of benzene rings is 1. The molecule has 0 aromatic heterocycles. The summed E-state index contributed by atoms with van der Waals surface area (Å²) in [4.78, 5) is 12.5. The van der Waals surface area contributed by atoms with Crippen molar-refractivity contribution in [3.05, 3.63) is 33.8 Å². The van der Waals surface area contributed by atoms with Crippen molar-refractivity contribution in [2.75, 3.05) is 0 Å². The van der Waals surface area contributed by atoms with Gasteiger partial charge < -0.3 is 5.32 Å². The van der Waals surface area contributed by atoms with Gasteiger partial charge in [0.1, 0.15) is 0 Å². The number of amides is 1. The van der Waals surface area contributed by atoms with Crippen LogP contribution in [0.1, 0.15) is 50.4 Å². The number of hydrogen-bond donors (Lipinski definition) is 1. The Labute approximate surface area is 136 Å². The molecule has 2 aliphatic carbocycles. The average molecular weight is 326 g/mol. The zero-order valence-corrected chi connectivity index (χ0v) is 14.2. The van der Waals surface area contributed by atoms with Crippen molar-refractivity contribution in [2.24, 2.45) is 16.7 Å². The van der Waals surface area contributed by atoms with Gasteiger partial charge in [-0.2, -0.15) is 0 Å². The number of hydrogen-bond acceptors (Lipinski definition) is 1. The normalized spacial score (nSPS) is 33.2. The number of carbonyl (C=O) groups excluding carboxylic acids is 1. The van der Waals surface area contributed by atoms with Gasteiger partial charge in [-0.3, -0.25) is 4.79 Å². The molecule has 2 aliphatic rings. The lowest BCUT2D eigenvalue weighted by atomic mass is 9.69. The van der Waals surface area contributed by atoms with Crippen LogP contribution in [0, 0.1) is 16.7 Å². The van der Waals surface area contributed by atoms with Crippen LogP contribution in [0.2, 0.25) is 10.0 Å². The third-order valence-corrected chi connectivity index (χ3v) is 6.82. The maximum Gasteiger partial charge on any atom is 0.253 e. The van der Waals surface area contributed by atoms with E-state index in [9.17, 15) is 4.79 Å². The molecule has 114 valence electrons. The van der Waals surface area contributed by atoms with E-state index in [1.807, 2.05) is 0 Å². The van der Waals surface area contributed by atoms with Crippen molar-refractivity contribution >= 4 is 29.1 Å². The number of halogens is 2. The SMILES string of the molecule is CC1(C)[C@@H]2CC[C@@]1(C)[C@@H](NC(=O)c1ccc(Cl)cc1Cl)C2. The van der Waals surface area contributed by atoms with Gasteiger partial charge in [-0.25, -0.2) is 0 Å². The highest BCUT2D eigenvalue weighted by Crippen LogP contribution is 2.65. The zero-order chi connectivity index (χ0) is 15.4.